The summed E-state index contributed by atoms with van der Waals surface area (Å²) in [7, 11) is 0. The van der Waals surface area contributed by atoms with E-state index in [0.29, 0.717) is 49.1 Å². The maximum atomic E-state index is 12.7. The molecule has 0 fully saturated rings. The van der Waals surface area contributed by atoms with Gasteiger partial charge < -0.3 is 14.2 Å². The molecular weight excluding hydrogens is 471 g/mol. The normalized spacial score (nSPS) is 11.1. The highest BCUT2D eigenvalue weighted by Crippen LogP contribution is 2.35. The predicted molar refractivity (Wildman–Crippen MR) is 127 cm³/mol. The molecule has 0 aliphatic carbocycles. The Kier molecular flexibility index (Phi) is 5.39. The monoisotopic (exact) mass is 482 g/mol. The molecule has 5 aromatic rings. The first-order valence-electron chi connectivity index (χ1n) is 9.50. The number of benzene rings is 3. The lowest BCUT2D eigenvalue weighted by Crippen LogP contribution is -2.10. The van der Waals surface area contributed by atoms with Crippen LogP contribution < -0.4 is 5.32 Å². The molecule has 2 aromatic heterocycles. The Hall–Kier alpha value is -3.25. The third-order valence-electron chi connectivity index (χ3n) is 4.77. The van der Waals surface area contributed by atoms with Crippen LogP contribution in [0.3, 0.4) is 0 Å². The minimum absolute atomic E-state index is 0.173. The molecule has 1 amide bonds. The molecule has 8 heteroatoms. The summed E-state index contributed by atoms with van der Waals surface area (Å²) in [5.41, 5.74) is 3.03. The molecule has 5 nitrogen and oxygen atoms in total. The topological polar surface area (TPSA) is 68.3 Å². The molecule has 0 aliphatic rings. The molecule has 0 atom stereocenters. The summed E-state index contributed by atoms with van der Waals surface area (Å²) in [5.74, 6) is 0.673. The van der Waals surface area contributed by atoms with Crippen molar-refractivity contribution in [2.24, 2.45) is 0 Å². The Labute approximate surface area is 197 Å². The van der Waals surface area contributed by atoms with Crippen LogP contribution in [0.15, 0.2) is 81.6 Å². The summed E-state index contributed by atoms with van der Waals surface area (Å²) < 4.78 is 11.5. The van der Waals surface area contributed by atoms with Crippen LogP contribution in [0.5, 0.6) is 0 Å². The highest BCUT2D eigenvalue weighted by atomic mass is 35.5. The number of carbonyl (C=O) groups excluding carboxylic acids is 1. The van der Waals surface area contributed by atoms with Crippen molar-refractivity contribution in [2.45, 2.75) is 0 Å². The minimum Gasteiger partial charge on any atom is -0.451 e. The second-order valence-electron chi connectivity index (χ2n) is 6.93. The van der Waals surface area contributed by atoms with Gasteiger partial charge in [0, 0.05) is 16.3 Å². The van der Waals surface area contributed by atoms with Crippen molar-refractivity contribution in [2.75, 3.05) is 5.32 Å². The van der Waals surface area contributed by atoms with Gasteiger partial charge in [0.1, 0.15) is 11.3 Å². The summed E-state index contributed by atoms with van der Waals surface area (Å²) in [6.45, 7) is 0. The maximum absolute atomic E-state index is 12.7. The number of fused-ring (bicyclic) bond motifs is 1. The summed E-state index contributed by atoms with van der Waals surface area (Å²) in [6.07, 6.45) is 0. The summed E-state index contributed by atoms with van der Waals surface area (Å²) in [4.78, 5) is 17.1. The van der Waals surface area contributed by atoms with Crippen LogP contribution in [-0.4, -0.2) is 10.9 Å². The lowest BCUT2D eigenvalue weighted by Gasteiger charge is -2.03. The SMILES string of the molecule is O=C(Nc1ccc2oc(-c3cccc(Cl)c3Cl)nc2c1)c1ccc(-c2cccc(Cl)c2)o1. The molecule has 3 aromatic carbocycles. The largest absolute Gasteiger partial charge is 0.451 e. The van der Waals surface area contributed by atoms with Crippen LogP contribution in [-0.2, 0) is 0 Å². The lowest BCUT2D eigenvalue weighted by molar-refractivity contribution is 0.0997. The molecule has 2 heterocycles. The number of amides is 1. The molecule has 0 radical (unpaired) electrons. The van der Waals surface area contributed by atoms with Gasteiger partial charge in [-0.25, -0.2) is 4.98 Å². The molecule has 0 saturated carbocycles. The van der Waals surface area contributed by atoms with Gasteiger partial charge in [0.2, 0.25) is 5.89 Å². The third-order valence-corrected chi connectivity index (χ3v) is 5.82. The van der Waals surface area contributed by atoms with E-state index in [1.54, 1.807) is 60.7 Å². The van der Waals surface area contributed by atoms with Crippen LogP contribution in [0.4, 0.5) is 5.69 Å². The number of anilines is 1. The first kappa shape index (κ1) is 20.6. The van der Waals surface area contributed by atoms with E-state index in [9.17, 15) is 4.79 Å². The van der Waals surface area contributed by atoms with Crippen molar-refractivity contribution >= 4 is 57.5 Å². The fraction of sp³-hybridized carbons (Fsp3) is 0. The fourth-order valence-corrected chi connectivity index (χ4v) is 3.81. The van der Waals surface area contributed by atoms with Crippen molar-refractivity contribution < 1.29 is 13.6 Å². The number of hydrogen-bond acceptors (Lipinski definition) is 4. The Morgan fingerprint density at radius 3 is 2.56 bits per heavy atom. The minimum atomic E-state index is -0.390. The highest BCUT2D eigenvalue weighted by molar-refractivity contribution is 6.43. The van der Waals surface area contributed by atoms with Crippen molar-refractivity contribution in [3.8, 4) is 22.8 Å². The number of nitrogens with zero attached hydrogens (tertiary/aromatic N) is 1. The predicted octanol–water partition coefficient (Wildman–Crippen LogP) is 7.97. The van der Waals surface area contributed by atoms with Crippen LogP contribution in [0.2, 0.25) is 15.1 Å². The second kappa shape index (κ2) is 8.36. The molecule has 5 rings (SSSR count). The number of aromatic nitrogens is 1. The summed E-state index contributed by atoms with van der Waals surface area (Å²) >= 11 is 18.4. The van der Waals surface area contributed by atoms with Gasteiger partial charge >= 0.3 is 0 Å². The lowest BCUT2D eigenvalue weighted by atomic mass is 10.2. The van der Waals surface area contributed by atoms with E-state index < -0.39 is 0 Å². The number of halogens is 3. The van der Waals surface area contributed by atoms with E-state index in [1.165, 1.54) is 0 Å². The van der Waals surface area contributed by atoms with Gasteiger partial charge in [-0.05, 0) is 54.6 Å². The quantitative estimate of drug-likeness (QED) is 0.281. The van der Waals surface area contributed by atoms with Crippen molar-refractivity contribution in [3.63, 3.8) is 0 Å². The van der Waals surface area contributed by atoms with Crippen LogP contribution in [0.1, 0.15) is 10.6 Å². The van der Waals surface area contributed by atoms with E-state index >= 15 is 0 Å². The first-order chi connectivity index (χ1) is 15.5. The smallest absolute Gasteiger partial charge is 0.291 e. The first-order valence-corrected chi connectivity index (χ1v) is 10.6. The molecule has 0 spiro atoms. The number of carbonyl (C=O) groups is 1. The van der Waals surface area contributed by atoms with Gasteiger partial charge in [0.05, 0.1) is 15.6 Å². The molecule has 0 unspecified atom stereocenters. The van der Waals surface area contributed by atoms with Crippen LogP contribution in [0, 0.1) is 0 Å². The van der Waals surface area contributed by atoms with Gasteiger partial charge in [0.25, 0.3) is 5.91 Å². The average molecular weight is 484 g/mol. The molecule has 0 aliphatic heterocycles. The van der Waals surface area contributed by atoms with Gasteiger partial charge in [-0.15, -0.1) is 0 Å². The Morgan fingerprint density at radius 2 is 1.72 bits per heavy atom. The molecule has 158 valence electrons. The highest BCUT2D eigenvalue weighted by Gasteiger charge is 2.16. The van der Waals surface area contributed by atoms with E-state index in [-0.39, 0.29) is 11.7 Å². The Balaban J connectivity index is 1.39. The molecule has 32 heavy (non-hydrogen) atoms. The zero-order chi connectivity index (χ0) is 22.2. The van der Waals surface area contributed by atoms with Gasteiger partial charge in [-0.2, -0.15) is 0 Å². The molecule has 0 saturated heterocycles. The maximum Gasteiger partial charge on any atom is 0.291 e. The van der Waals surface area contributed by atoms with Crippen LogP contribution >= 0.6 is 34.8 Å². The van der Waals surface area contributed by atoms with E-state index in [2.05, 4.69) is 10.3 Å². The van der Waals surface area contributed by atoms with Crippen molar-refractivity contribution in [1.29, 1.82) is 0 Å². The number of furan rings is 1. The third kappa shape index (κ3) is 3.98. The molecular formula is C24H13Cl3N2O3. The molecule has 1 N–H and O–H groups in total. The van der Waals surface area contributed by atoms with Crippen molar-refractivity contribution in [3.05, 3.63) is 93.6 Å². The standard InChI is InChI=1S/C24H13Cl3N2O3/c25-14-4-1-3-13(11-14)19-9-10-21(31-19)23(30)28-15-7-8-20-18(12-15)29-24(32-20)16-5-2-6-17(26)22(16)27/h1-12H,(H,28,30). The Morgan fingerprint density at radius 1 is 0.875 bits per heavy atom. The van der Waals surface area contributed by atoms with Crippen molar-refractivity contribution in [1.82, 2.24) is 4.98 Å². The molecule has 0 bridgehead atoms. The number of oxazole rings is 1. The second-order valence-corrected chi connectivity index (χ2v) is 8.15. The van der Waals surface area contributed by atoms with Crippen LogP contribution in [0.25, 0.3) is 33.9 Å². The van der Waals surface area contributed by atoms with Gasteiger partial charge in [-0.3, -0.25) is 4.79 Å². The summed E-state index contributed by atoms with van der Waals surface area (Å²) in [5, 5.41) is 4.17. The fourth-order valence-electron chi connectivity index (χ4n) is 3.24. The van der Waals surface area contributed by atoms with E-state index in [0.717, 1.165) is 5.56 Å². The zero-order valence-electron chi connectivity index (χ0n) is 16.2. The number of nitrogens with one attached hydrogen (secondary N) is 1. The van der Waals surface area contributed by atoms with E-state index in [1.807, 2.05) is 12.1 Å². The Bertz CT molecular complexity index is 1470. The van der Waals surface area contributed by atoms with Gasteiger partial charge in [-0.1, -0.05) is 53.0 Å². The van der Waals surface area contributed by atoms with Gasteiger partial charge in [0.15, 0.2) is 11.3 Å². The number of rotatable bonds is 4. The number of hydrogen-bond donors (Lipinski definition) is 1. The zero-order valence-corrected chi connectivity index (χ0v) is 18.5. The van der Waals surface area contributed by atoms with E-state index in [4.69, 9.17) is 43.6 Å². The average Bonchev–Trinajstić information content (AvgIpc) is 3.43. The summed E-state index contributed by atoms with van der Waals surface area (Å²) in [6, 6.07) is 20.9.